The van der Waals surface area contributed by atoms with Crippen molar-refractivity contribution >= 4 is 0 Å². The standard InChI is InChI=1S/C54H78O3/c1-4-7-10-13-16-19-22-25-40-55-52-34-28-46(29-35-52)49-43-50(47-30-36-53(37-31-47)56-41-26-23-20-17-14-11-8-5-2)45-51(44-49)48-32-38-54(39-33-48)57-42-27-24-21-18-15-12-9-6-3/h28-39,43-45H,4-27,40-42H2,1-3H3. The van der Waals surface area contributed by atoms with Crippen LogP contribution in [0.3, 0.4) is 0 Å². The Labute approximate surface area is 349 Å². The van der Waals surface area contributed by atoms with Crippen LogP contribution in [-0.2, 0) is 0 Å². The first-order valence-corrected chi connectivity index (χ1v) is 23.5. The van der Waals surface area contributed by atoms with Crippen molar-refractivity contribution in [2.45, 2.75) is 175 Å². The van der Waals surface area contributed by atoms with E-state index in [1.807, 2.05) is 0 Å². The summed E-state index contributed by atoms with van der Waals surface area (Å²) in [6.45, 7) is 9.19. The molecule has 0 atom stereocenters. The highest BCUT2D eigenvalue weighted by Crippen LogP contribution is 2.35. The fraction of sp³-hybridized carbons (Fsp3) is 0.556. The molecule has 4 aromatic rings. The van der Waals surface area contributed by atoms with Crippen molar-refractivity contribution in [1.29, 1.82) is 0 Å². The van der Waals surface area contributed by atoms with Gasteiger partial charge in [0.15, 0.2) is 0 Å². The summed E-state index contributed by atoms with van der Waals surface area (Å²) in [5, 5.41) is 0. The molecule has 0 saturated carbocycles. The predicted molar refractivity (Wildman–Crippen MR) is 247 cm³/mol. The maximum Gasteiger partial charge on any atom is 0.119 e. The Morgan fingerprint density at radius 1 is 0.246 bits per heavy atom. The van der Waals surface area contributed by atoms with Crippen molar-refractivity contribution < 1.29 is 14.2 Å². The van der Waals surface area contributed by atoms with E-state index in [1.165, 1.54) is 168 Å². The largest absolute Gasteiger partial charge is 0.494 e. The summed E-state index contributed by atoms with van der Waals surface area (Å²) in [5.74, 6) is 2.84. The third-order valence-corrected chi connectivity index (χ3v) is 11.3. The van der Waals surface area contributed by atoms with Gasteiger partial charge in [0.2, 0.25) is 0 Å². The first kappa shape index (κ1) is 46.0. The molecule has 4 aromatic carbocycles. The smallest absolute Gasteiger partial charge is 0.119 e. The lowest BCUT2D eigenvalue weighted by molar-refractivity contribution is 0.304. The molecule has 0 N–H and O–H groups in total. The van der Waals surface area contributed by atoms with Gasteiger partial charge < -0.3 is 14.2 Å². The van der Waals surface area contributed by atoms with Gasteiger partial charge in [-0.3, -0.25) is 0 Å². The Morgan fingerprint density at radius 3 is 0.684 bits per heavy atom. The average molecular weight is 775 g/mol. The first-order valence-electron chi connectivity index (χ1n) is 23.5. The summed E-state index contributed by atoms with van der Waals surface area (Å²) in [4.78, 5) is 0. The summed E-state index contributed by atoms with van der Waals surface area (Å²) in [7, 11) is 0. The Bertz CT molecular complexity index is 1360. The van der Waals surface area contributed by atoms with Crippen molar-refractivity contribution in [2.75, 3.05) is 19.8 Å². The number of hydrogen-bond acceptors (Lipinski definition) is 3. The van der Waals surface area contributed by atoms with Gasteiger partial charge in [-0.2, -0.15) is 0 Å². The van der Waals surface area contributed by atoms with Gasteiger partial charge in [-0.1, -0.05) is 192 Å². The van der Waals surface area contributed by atoms with E-state index in [0.717, 1.165) is 56.3 Å². The van der Waals surface area contributed by atoms with Gasteiger partial charge in [0.05, 0.1) is 19.8 Å². The summed E-state index contributed by atoms with van der Waals surface area (Å²) in [6.07, 6.45) is 31.4. The van der Waals surface area contributed by atoms with Gasteiger partial charge >= 0.3 is 0 Å². The zero-order chi connectivity index (χ0) is 40.0. The molecule has 0 aromatic heterocycles. The quantitative estimate of drug-likeness (QED) is 0.0451. The Hall–Kier alpha value is -3.72. The third kappa shape index (κ3) is 19.1. The molecule has 0 fully saturated rings. The molecule has 312 valence electrons. The Kier molecular flexibility index (Phi) is 23.8. The van der Waals surface area contributed by atoms with E-state index in [-0.39, 0.29) is 0 Å². The second-order valence-electron chi connectivity index (χ2n) is 16.3. The van der Waals surface area contributed by atoms with Gasteiger partial charge in [0, 0.05) is 0 Å². The molecule has 0 heterocycles. The minimum absolute atomic E-state index is 0.783. The molecular formula is C54H78O3. The van der Waals surface area contributed by atoms with Crippen LogP contribution in [0.15, 0.2) is 91.0 Å². The zero-order valence-corrected chi connectivity index (χ0v) is 36.5. The molecule has 0 aliphatic carbocycles. The molecule has 4 rings (SSSR count). The van der Waals surface area contributed by atoms with Crippen LogP contribution in [0.5, 0.6) is 17.2 Å². The topological polar surface area (TPSA) is 27.7 Å². The van der Waals surface area contributed by atoms with Crippen LogP contribution in [0.1, 0.15) is 175 Å². The van der Waals surface area contributed by atoms with Crippen molar-refractivity contribution in [3.63, 3.8) is 0 Å². The molecule has 57 heavy (non-hydrogen) atoms. The van der Waals surface area contributed by atoms with E-state index in [2.05, 4.69) is 112 Å². The number of hydrogen-bond donors (Lipinski definition) is 0. The highest BCUT2D eigenvalue weighted by atomic mass is 16.5. The number of ether oxygens (including phenoxy) is 3. The maximum atomic E-state index is 6.16. The van der Waals surface area contributed by atoms with Crippen molar-refractivity contribution in [2.24, 2.45) is 0 Å². The van der Waals surface area contributed by atoms with Crippen molar-refractivity contribution in [3.05, 3.63) is 91.0 Å². The van der Waals surface area contributed by atoms with Gasteiger partial charge in [-0.25, -0.2) is 0 Å². The summed E-state index contributed by atoms with van der Waals surface area (Å²) >= 11 is 0. The highest BCUT2D eigenvalue weighted by molar-refractivity contribution is 5.81. The Morgan fingerprint density at radius 2 is 0.456 bits per heavy atom. The fourth-order valence-corrected chi connectivity index (χ4v) is 7.64. The average Bonchev–Trinajstić information content (AvgIpc) is 3.25. The van der Waals surface area contributed by atoms with E-state index in [4.69, 9.17) is 14.2 Å². The summed E-state index contributed by atoms with van der Waals surface area (Å²) in [5.41, 5.74) is 7.15. The molecule has 3 nitrogen and oxygen atoms in total. The van der Waals surface area contributed by atoms with Crippen LogP contribution in [0.25, 0.3) is 33.4 Å². The molecule has 0 spiro atoms. The van der Waals surface area contributed by atoms with E-state index < -0.39 is 0 Å². The summed E-state index contributed by atoms with van der Waals surface area (Å²) < 4.78 is 18.5. The van der Waals surface area contributed by atoms with Crippen LogP contribution in [0.2, 0.25) is 0 Å². The molecule has 0 radical (unpaired) electrons. The molecule has 0 aliphatic rings. The molecule has 0 amide bonds. The van der Waals surface area contributed by atoms with Crippen LogP contribution < -0.4 is 14.2 Å². The minimum Gasteiger partial charge on any atom is -0.494 e. The number of benzene rings is 4. The first-order chi connectivity index (χ1) is 28.2. The lowest BCUT2D eigenvalue weighted by atomic mass is 9.93. The van der Waals surface area contributed by atoms with E-state index in [9.17, 15) is 0 Å². The normalized spacial score (nSPS) is 11.2. The van der Waals surface area contributed by atoms with Gasteiger partial charge in [-0.15, -0.1) is 0 Å². The van der Waals surface area contributed by atoms with E-state index in [1.54, 1.807) is 0 Å². The maximum absolute atomic E-state index is 6.16. The van der Waals surface area contributed by atoms with Crippen LogP contribution in [0.4, 0.5) is 0 Å². The molecule has 0 aliphatic heterocycles. The molecule has 0 saturated heterocycles. The molecule has 3 heteroatoms. The van der Waals surface area contributed by atoms with E-state index in [0.29, 0.717) is 0 Å². The third-order valence-electron chi connectivity index (χ3n) is 11.3. The monoisotopic (exact) mass is 775 g/mol. The Balaban J connectivity index is 1.37. The van der Waals surface area contributed by atoms with Gasteiger partial charge in [0.25, 0.3) is 0 Å². The highest BCUT2D eigenvalue weighted by Gasteiger charge is 2.10. The van der Waals surface area contributed by atoms with Crippen molar-refractivity contribution in [3.8, 4) is 50.6 Å². The van der Waals surface area contributed by atoms with Crippen molar-refractivity contribution in [1.82, 2.24) is 0 Å². The summed E-state index contributed by atoms with van der Waals surface area (Å²) in [6, 6.07) is 33.0. The van der Waals surface area contributed by atoms with Gasteiger partial charge in [-0.05, 0) is 107 Å². The number of unbranched alkanes of at least 4 members (excludes halogenated alkanes) is 21. The fourth-order valence-electron chi connectivity index (χ4n) is 7.64. The molecule has 0 bridgehead atoms. The predicted octanol–water partition coefficient (Wildman–Crippen LogP) is 17.2. The lowest BCUT2D eigenvalue weighted by Crippen LogP contribution is -1.97. The molecular weight excluding hydrogens is 697 g/mol. The SMILES string of the molecule is CCCCCCCCCCOc1ccc(-c2cc(-c3ccc(OCCCCCCCCCC)cc3)cc(-c3ccc(OCCCCCCCCCC)cc3)c2)cc1. The van der Waals surface area contributed by atoms with Gasteiger partial charge in [0.1, 0.15) is 17.2 Å². The van der Waals surface area contributed by atoms with Crippen LogP contribution in [0, 0.1) is 0 Å². The molecule has 0 unspecified atom stereocenters. The number of rotatable bonds is 33. The zero-order valence-electron chi connectivity index (χ0n) is 36.5. The minimum atomic E-state index is 0.783. The second-order valence-corrected chi connectivity index (χ2v) is 16.3. The van der Waals surface area contributed by atoms with Crippen LogP contribution in [-0.4, -0.2) is 19.8 Å². The second kappa shape index (κ2) is 29.5. The lowest BCUT2D eigenvalue weighted by Gasteiger charge is -2.13. The van der Waals surface area contributed by atoms with E-state index >= 15 is 0 Å². The van der Waals surface area contributed by atoms with Crippen LogP contribution >= 0.6 is 0 Å².